The third-order valence-corrected chi connectivity index (χ3v) is 3.28. The first-order valence-electron chi connectivity index (χ1n) is 6.07. The van der Waals surface area contributed by atoms with Gasteiger partial charge in [0.2, 0.25) is 0 Å². The minimum absolute atomic E-state index is 0.469. The molecule has 2 rings (SSSR count). The number of rotatable bonds is 4. The van der Waals surface area contributed by atoms with Crippen molar-refractivity contribution in [2.24, 2.45) is 0 Å². The van der Waals surface area contributed by atoms with Crippen molar-refractivity contribution < 1.29 is 4.74 Å². The van der Waals surface area contributed by atoms with E-state index >= 15 is 0 Å². The van der Waals surface area contributed by atoms with Gasteiger partial charge in [-0.1, -0.05) is 25.2 Å². The Bertz CT molecular complexity index is 257. The molecule has 1 unspecified atom stereocenters. The van der Waals surface area contributed by atoms with E-state index in [4.69, 9.17) is 4.74 Å². The third kappa shape index (κ3) is 3.18. The molecule has 1 heterocycles. The molecule has 1 aliphatic heterocycles. The molecule has 0 aromatic heterocycles. The molecule has 1 fully saturated rings. The van der Waals surface area contributed by atoms with Crippen LogP contribution >= 0.6 is 0 Å². The van der Waals surface area contributed by atoms with Crippen LogP contribution in [0.4, 0.5) is 0 Å². The first kappa shape index (κ1) is 10.9. The summed E-state index contributed by atoms with van der Waals surface area (Å²) in [7, 11) is 0. The highest BCUT2D eigenvalue weighted by atomic mass is 16.5. The van der Waals surface area contributed by atoms with Crippen LogP contribution in [0.3, 0.4) is 0 Å². The Morgan fingerprint density at radius 2 is 2.47 bits per heavy atom. The van der Waals surface area contributed by atoms with Gasteiger partial charge in [-0.15, -0.1) is 0 Å². The van der Waals surface area contributed by atoms with Gasteiger partial charge in [0.15, 0.2) is 0 Å². The van der Waals surface area contributed by atoms with Crippen LogP contribution in [0.5, 0.6) is 0 Å². The molecule has 0 radical (unpaired) electrons. The molecule has 2 heteroatoms. The van der Waals surface area contributed by atoms with Gasteiger partial charge >= 0.3 is 0 Å². The van der Waals surface area contributed by atoms with Crippen LogP contribution in [0, 0.1) is 0 Å². The topological polar surface area (TPSA) is 12.5 Å². The molecule has 0 amide bonds. The number of hydrogen-bond donors (Lipinski definition) is 0. The van der Waals surface area contributed by atoms with Crippen molar-refractivity contribution in [2.75, 3.05) is 26.2 Å². The van der Waals surface area contributed by atoms with Gasteiger partial charge in [-0.3, -0.25) is 0 Å². The van der Waals surface area contributed by atoms with Crippen LogP contribution < -0.4 is 0 Å². The smallest absolute Gasteiger partial charge is 0.0718 e. The summed E-state index contributed by atoms with van der Waals surface area (Å²) in [5.74, 6) is 0. The predicted octanol–water partition coefficient (Wildman–Crippen LogP) is 2.37. The average molecular weight is 207 g/mol. The van der Waals surface area contributed by atoms with Crippen LogP contribution in [-0.4, -0.2) is 37.2 Å². The fourth-order valence-corrected chi connectivity index (χ4v) is 2.22. The van der Waals surface area contributed by atoms with E-state index < -0.39 is 0 Å². The quantitative estimate of drug-likeness (QED) is 0.701. The van der Waals surface area contributed by atoms with Gasteiger partial charge in [-0.2, -0.15) is 0 Å². The summed E-state index contributed by atoms with van der Waals surface area (Å²) in [4.78, 5) is 2.46. The first-order chi connectivity index (χ1) is 7.38. The maximum Gasteiger partial charge on any atom is 0.0718 e. The lowest BCUT2D eigenvalue weighted by Gasteiger charge is -2.15. The molecule has 2 aliphatic rings. The zero-order valence-corrected chi connectivity index (χ0v) is 9.61. The minimum atomic E-state index is 0.469. The highest BCUT2D eigenvalue weighted by molar-refractivity contribution is 5.17. The molecule has 2 nitrogen and oxygen atoms in total. The third-order valence-electron chi connectivity index (χ3n) is 3.28. The molecule has 15 heavy (non-hydrogen) atoms. The largest absolute Gasteiger partial charge is 0.372 e. The standard InChI is InChI=1S/C13H21NO/c1-2-14-9-8-13(10-14)15-11-12-6-4-3-5-7-12/h3-4,6,13H,2,5,7-11H2,1H3. The summed E-state index contributed by atoms with van der Waals surface area (Å²) >= 11 is 0. The Morgan fingerprint density at radius 3 is 3.13 bits per heavy atom. The maximum absolute atomic E-state index is 5.93. The van der Waals surface area contributed by atoms with Crippen LogP contribution in [0.25, 0.3) is 0 Å². The lowest BCUT2D eigenvalue weighted by molar-refractivity contribution is 0.0747. The van der Waals surface area contributed by atoms with Crippen molar-refractivity contribution in [3.63, 3.8) is 0 Å². The molecule has 84 valence electrons. The number of nitrogens with zero attached hydrogens (tertiary/aromatic N) is 1. The highest BCUT2D eigenvalue weighted by Gasteiger charge is 2.21. The molecular weight excluding hydrogens is 186 g/mol. The Labute approximate surface area is 92.6 Å². The Morgan fingerprint density at radius 1 is 1.53 bits per heavy atom. The summed E-state index contributed by atoms with van der Waals surface area (Å²) in [5.41, 5.74) is 1.45. The molecular formula is C13H21NO. The molecule has 1 saturated heterocycles. The van der Waals surface area contributed by atoms with E-state index in [2.05, 4.69) is 30.1 Å². The predicted molar refractivity (Wildman–Crippen MR) is 62.9 cm³/mol. The fraction of sp³-hybridized carbons (Fsp3) is 0.692. The Hall–Kier alpha value is -0.600. The number of likely N-dealkylation sites (N-methyl/N-ethyl adjacent to an activating group) is 1. The number of hydrogen-bond acceptors (Lipinski definition) is 2. The van der Waals surface area contributed by atoms with E-state index in [1.165, 1.54) is 31.4 Å². The zero-order chi connectivity index (χ0) is 10.5. The molecule has 0 spiro atoms. The second-order valence-corrected chi connectivity index (χ2v) is 4.41. The van der Waals surface area contributed by atoms with Crippen molar-refractivity contribution in [3.05, 3.63) is 23.8 Å². The van der Waals surface area contributed by atoms with Crippen molar-refractivity contribution in [3.8, 4) is 0 Å². The minimum Gasteiger partial charge on any atom is -0.372 e. The van der Waals surface area contributed by atoms with Crippen LogP contribution in [0.15, 0.2) is 23.8 Å². The van der Waals surface area contributed by atoms with Crippen molar-refractivity contribution >= 4 is 0 Å². The lowest BCUT2D eigenvalue weighted by atomic mass is 10.1. The van der Waals surface area contributed by atoms with Gasteiger partial charge in [0.05, 0.1) is 12.7 Å². The second-order valence-electron chi connectivity index (χ2n) is 4.41. The molecule has 0 N–H and O–H groups in total. The van der Waals surface area contributed by atoms with E-state index in [0.717, 1.165) is 19.7 Å². The molecule has 0 aromatic rings. The molecule has 1 aliphatic carbocycles. The maximum atomic E-state index is 5.93. The van der Waals surface area contributed by atoms with Gasteiger partial charge in [0.25, 0.3) is 0 Å². The zero-order valence-electron chi connectivity index (χ0n) is 9.61. The van der Waals surface area contributed by atoms with Crippen molar-refractivity contribution in [1.82, 2.24) is 4.90 Å². The SMILES string of the molecule is CCN1CCC(OCC2=CC=CCC2)C1. The van der Waals surface area contributed by atoms with Crippen molar-refractivity contribution in [2.45, 2.75) is 32.3 Å². The van der Waals surface area contributed by atoms with E-state index in [1.54, 1.807) is 0 Å². The molecule has 0 aromatic carbocycles. The van der Waals surface area contributed by atoms with Gasteiger partial charge in [-0.25, -0.2) is 0 Å². The van der Waals surface area contributed by atoms with Crippen LogP contribution in [0.1, 0.15) is 26.2 Å². The first-order valence-corrected chi connectivity index (χ1v) is 6.07. The van der Waals surface area contributed by atoms with E-state index in [1.807, 2.05) is 0 Å². The molecule has 0 bridgehead atoms. The summed E-state index contributed by atoms with van der Waals surface area (Å²) in [5, 5.41) is 0. The number of allylic oxidation sites excluding steroid dienone is 3. The van der Waals surface area contributed by atoms with Gasteiger partial charge in [0, 0.05) is 13.1 Å². The monoisotopic (exact) mass is 207 g/mol. The van der Waals surface area contributed by atoms with E-state index in [9.17, 15) is 0 Å². The van der Waals surface area contributed by atoms with Gasteiger partial charge in [0.1, 0.15) is 0 Å². The molecule has 1 atom stereocenters. The summed E-state index contributed by atoms with van der Waals surface area (Å²) in [6.07, 6.45) is 10.6. The fourth-order valence-electron chi connectivity index (χ4n) is 2.22. The number of likely N-dealkylation sites (tertiary alicyclic amines) is 1. The highest BCUT2D eigenvalue weighted by Crippen LogP contribution is 2.16. The lowest BCUT2D eigenvalue weighted by Crippen LogP contribution is -2.23. The molecule has 0 saturated carbocycles. The van der Waals surface area contributed by atoms with Crippen LogP contribution in [0.2, 0.25) is 0 Å². The second kappa shape index (κ2) is 5.47. The van der Waals surface area contributed by atoms with Gasteiger partial charge in [-0.05, 0) is 31.4 Å². The summed E-state index contributed by atoms with van der Waals surface area (Å²) in [6, 6.07) is 0. The number of ether oxygens (including phenoxy) is 1. The summed E-state index contributed by atoms with van der Waals surface area (Å²) < 4.78 is 5.93. The van der Waals surface area contributed by atoms with Crippen LogP contribution in [-0.2, 0) is 4.74 Å². The Balaban J connectivity index is 1.70. The van der Waals surface area contributed by atoms with Gasteiger partial charge < -0.3 is 9.64 Å². The average Bonchev–Trinajstić information content (AvgIpc) is 2.76. The van der Waals surface area contributed by atoms with E-state index in [0.29, 0.717) is 6.10 Å². The normalized spacial score (nSPS) is 27.0. The van der Waals surface area contributed by atoms with Crippen molar-refractivity contribution in [1.29, 1.82) is 0 Å². The summed E-state index contributed by atoms with van der Waals surface area (Å²) in [6.45, 7) is 6.55. The Kier molecular flexibility index (Phi) is 3.98. The van der Waals surface area contributed by atoms with E-state index in [-0.39, 0.29) is 0 Å².